The summed E-state index contributed by atoms with van der Waals surface area (Å²) in [7, 11) is 0. The molecule has 2 nitrogen and oxygen atoms in total. The van der Waals surface area contributed by atoms with Crippen LogP contribution in [0.25, 0.3) is 0 Å². The molecule has 0 saturated carbocycles. The number of ether oxygens (including phenoxy) is 1. The molecule has 0 unspecified atom stereocenters. The summed E-state index contributed by atoms with van der Waals surface area (Å²) in [6, 6.07) is 2.65. The molecule has 0 heterocycles. The molecule has 4 heteroatoms. The molecule has 0 aromatic heterocycles. The molecule has 0 saturated heterocycles. The zero-order valence-corrected chi connectivity index (χ0v) is 9.51. The van der Waals surface area contributed by atoms with Crippen molar-refractivity contribution in [2.75, 3.05) is 6.61 Å². The topological polar surface area (TPSA) is 26.3 Å². The van der Waals surface area contributed by atoms with E-state index < -0.39 is 17.4 Å². The summed E-state index contributed by atoms with van der Waals surface area (Å²) >= 11 is 0. The maximum Gasteiger partial charge on any atom is 0.191 e. The Morgan fingerprint density at radius 2 is 1.94 bits per heavy atom. The molecule has 0 spiro atoms. The predicted molar refractivity (Wildman–Crippen MR) is 56.5 cm³/mol. The molecule has 0 atom stereocenters. The highest BCUT2D eigenvalue weighted by molar-refractivity contribution is 5.97. The maximum atomic E-state index is 13.4. The van der Waals surface area contributed by atoms with Gasteiger partial charge in [-0.2, -0.15) is 0 Å². The average molecular weight is 228 g/mol. The Balaban J connectivity index is 2.88. The fourth-order valence-electron chi connectivity index (χ4n) is 1.18. The Labute approximate surface area is 93.2 Å². The van der Waals surface area contributed by atoms with Gasteiger partial charge in [0.2, 0.25) is 0 Å². The van der Waals surface area contributed by atoms with E-state index in [1.54, 1.807) is 13.8 Å². The number of halogens is 2. The lowest BCUT2D eigenvalue weighted by atomic mass is 10.1. The number of aryl methyl sites for hydroxylation is 1. The Kier molecular flexibility index (Phi) is 4.12. The lowest BCUT2D eigenvalue weighted by Gasteiger charge is -2.08. The quantitative estimate of drug-likeness (QED) is 0.741. The van der Waals surface area contributed by atoms with Gasteiger partial charge in [-0.05, 0) is 32.4 Å². The van der Waals surface area contributed by atoms with Crippen LogP contribution in [0.3, 0.4) is 0 Å². The second-order valence-corrected chi connectivity index (χ2v) is 3.84. The summed E-state index contributed by atoms with van der Waals surface area (Å²) < 4.78 is 31.6. The summed E-state index contributed by atoms with van der Waals surface area (Å²) in [5.74, 6) is -2.63. The van der Waals surface area contributed by atoms with Crippen molar-refractivity contribution in [3.8, 4) is 0 Å². The number of rotatable bonds is 4. The minimum atomic E-state index is -1.10. The smallest absolute Gasteiger partial charge is 0.191 e. The van der Waals surface area contributed by atoms with Gasteiger partial charge in [0.15, 0.2) is 17.4 Å². The van der Waals surface area contributed by atoms with Gasteiger partial charge in [0, 0.05) is 0 Å². The third-order valence-corrected chi connectivity index (χ3v) is 2.12. The lowest BCUT2D eigenvalue weighted by Crippen LogP contribution is -2.15. The minimum Gasteiger partial charge on any atom is -0.371 e. The van der Waals surface area contributed by atoms with Crippen molar-refractivity contribution in [1.29, 1.82) is 0 Å². The van der Waals surface area contributed by atoms with Crippen LogP contribution in [0, 0.1) is 18.6 Å². The van der Waals surface area contributed by atoms with E-state index in [9.17, 15) is 13.6 Å². The second-order valence-electron chi connectivity index (χ2n) is 3.84. The standard InChI is InChI=1S/C12H14F2O2/c1-7(2)16-6-10(15)9-5-4-8(3)11(13)12(9)14/h4-5,7H,6H2,1-3H3. The molecule has 16 heavy (non-hydrogen) atoms. The normalized spacial score (nSPS) is 10.9. The van der Waals surface area contributed by atoms with Crippen LogP contribution in [0.15, 0.2) is 12.1 Å². The highest BCUT2D eigenvalue weighted by Crippen LogP contribution is 2.16. The van der Waals surface area contributed by atoms with E-state index in [4.69, 9.17) is 4.74 Å². The average Bonchev–Trinajstić information content (AvgIpc) is 2.23. The Morgan fingerprint density at radius 1 is 1.31 bits per heavy atom. The van der Waals surface area contributed by atoms with E-state index in [1.165, 1.54) is 19.1 Å². The van der Waals surface area contributed by atoms with Gasteiger partial charge in [-0.25, -0.2) is 8.78 Å². The zero-order valence-electron chi connectivity index (χ0n) is 9.51. The molecule has 0 amide bonds. The van der Waals surface area contributed by atoms with Crippen LogP contribution in [0.2, 0.25) is 0 Å². The third-order valence-electron chi connectivity index (χ3n) is 2.12. The van der Waals surface area contributed by atoms with E-state index in [2.05, 4.69) is 0 Å². The van der Waals surface area contributed by atoms with Crippen molar-refractivity contribution in [3.05, 3.63) is 34.9 Å². The first kappa shape index (κ1) is 12.8. The maximum absolute atomic E-state index is 13.4. The first-order valence-corrected chi connectivity index (χ1v) is 5.03. The molecule has 1 aromatic rings. The number of hydrogen-bond acceptors (Lipinski definition) is 2. The molecule has 0 aliphatic heterocycles. The van der Waals surface area contributed by atoms with Crippen LogP contribution in [0.5, 0.6) is 0 Å². The molecular weight excluding hydrogens is 214 g/mol. The number of carbonyl (C=O) groups excluding carboxylic acids is 1. The SMILES string of the molecule is Cc1ccc(C(=O)COC(C)C)c(F)c1F. The zero-order chi connectivity index (χ0) is 12.3. The summed E-state index contributed by atoms with van der Waals surface area (Å²) in [6.07, 6.45) is -0.123. The minimum absolute atomic E-state index is 0.123. The van der Waals surface area contributed by atoms with Crippen LogP contribution < -0.4 is 0 Å². The molecule has 0 radical (unpaired) electrons. The largest absolute Gasteiger partial charge is 0.371 e. The first-order valence-electron chi connectivity index (χ1n) is 5.03. The fraction of sp³-hybridized carbons (Fsp3) is 0.417. The van der Waals surface area contributed by atoms with Gasteiger partial charge in [0.05, 0.1) is 11.7 Å². The second kappa shape index (κ2) is 5.16. The highest BCUT2D eigenvalue weighted by Gasteiger charge is 2.17. The van der Waals surface area contributed by atoms with E-state index in [1.807, 2.05) is 0 Å². The van der Waals surface area contributed by atoms with Gasteiger partial charge in [-0.15, -0.1) is 0 Å². The fourth-order valence-corrected chi connectivity index (χ4v) is 1.18. The molecular formula is C12H14F2O2. The number of hydrogen-bond donors (Lipinski definition) is 0. The van der Waals surface area contributed by atoms with Crippen LogP contribution >= 0.6 is 0 Å². The van der Waals surface area contributed by atoms with Gasteiger partial charge >= 0.3 is 0 Å². The van der Waals surface area contributed by atoms with Gasteiger partial charge in [0.25, 0.3) is 0 Å². The summed E-state index contributed by atoms with van der Waals surface area (Å²) in [4.78, 5) is 11.5. The number of benzene rings is 1. The van der Waals surface area contributed by atoms with E-state index >= 15 is 0 Å². The Bertz CT molecular complexity index is 400. The Morgan fingerprint density at radius 3 is 2.50 bits per heavy atom. The number of Topliss-reactive ketones (excluding diaryl/α,β-unsaturated/α-hetero) is 1. The van der Waals surface area contributed by atoms with Crippen LogP contribution in [0.4, 0.5) is 8.78 Å². The summed E-state index contributed by atoms with van der Waals surface area (Å²) in [6.45, 7) is 4.73. The van der Waals surface area contributed by atoms with Gasteiger partial charge in [-0.1, -0.05) is 6.07 Å². The van der Waals surface area contributed by atoms with Crippen LogP contribution in [-0.4, -0.2) is 18.5 Å². The van der Waals surface area contributed by atoms with E-state index in [0.717, 1.165) is 0 Å². The van der Waals surface area contributed by atoms with Crippen molar-refractivity contribution in [2.45, 2.75) is 26.9 Å². The van der Waals surface area contributed by atoms with Crippen molar-refractivity contribution >= 4 is 5.78 Å². The molecule has 0 N–H and O–H groups in total. The third kappa shape index (κ3) is 2.85. The van der Waals surface area contributed by atoms with Gasteiger partial charge in [-0.3, -0.25) is 4.79 Å². The molecule has 0 bridgehead atoms. The first-order chi connectivity index (χ1) is 7.43. The van der Waals surface area contributed by atoms with Crippen molar-refractivity contribution < 1.29 is 18.3 Å². The highest BCUT2D eigenvalue weighted by atomic mass is 19.2. The molecule has 0 fully saturated rings. The van der Waals surface area contributed by atoms with Crippen molar-refractivity contribution in [3.63, 3.8) is 0 Å². The summed E-state index contributed by atoms with van der Waals surface area (Å²) in [5.41, 5.74) is -0.0809. The van der Waals surface area contributed by atoms with Gasteiger partial charge < -0.3 is 4.74 Å². The monoisotopic (exact) mass is 228 g/mol. The molecule has 0 aliphatic rings. The number of carbonyl (C=O) groups is 1. The van der Waals surface area contributed by atoms with E-state index in [0.29, 0.717) is 0 Å². The summed E-state index contributed by atoms with van der Waals surface area (Å²) in [5, 5.41) is 0. The number of ketones is 1. The van der Waals surface area contributed by atoms with Crippen molar-refractivity contribution in [2.24, 2.45) is 0 Å². The molecule has 0 aliphatic carbocycles. The van der Waals surface area contributed by atoms with Crippen LogP contribution in [0.1, 0.15) is 29.8 Å². The molecule has 1 rings (SSSR count). The lowest BCUT2D eigenvalue weighted by molar-refractivity contribution is 0.0580. The van der Waals surface area contributed by atoms with Crippen LogP contribution in [-0.2, 0) is 4.74 Å². The molecule has 88 valence electrons. The van der Waals surface area contributed by atoms with E-state index in [-0.39, 0.29) is 23.8 Å². The molecule has 1 aromatic carbocycles. The predicted octanol–water partition coefficient (Wildman–Crippen LogP) is 2.88. The van der Waals surface area contributed by atoms with Gasteiger partial charge in [0.1, 0.15) is 6.61 Å². The van der Waals surface area contributed by atoms with Crippen molar-refractivity contribution in [1.82, 2.24) is 0 Å². The Hall–Kier alpha value is -1.29.